The highest BCUT2D eigenvalue weighted by molar-refractivity contribution is 7.99. The number of hydrogen-bond acceptors (Lipinski definition) is 6. The summed E-state index contributed by atoms with van der Waals surface area (Å²) in [5.41, 5.74) is 1.01. The summed E-state index contributed by atoms with van der Waals surface area (Å²) in [6.07, 6.45) is 0. The van der Waals surface area contributed by atoms with Crippen molar-refractivity contribution in [3.8, 4) is 11.3 Å². The van der Waals surface area contributed by atoms with Crippen LogP contribution in [0.3, 0.4) is 0 Å². The number of halogens is 1. The van der Waals surface area contributed by atoms with Crippen LogP contribution in [-0.4, -0.2) is 48.6 Å². The number of carbonyl (C=O) groups is 1. The molecule has 24 heavy (non-hydrogen) atoms. The quantitative estimate of drug-likeness (QED) is 0.514. The SMILES string of the molecule is Cn1nnnc1SCCNC(=O)c1cc(-c2ccccc2F)n[nH]1. The van der Waals surface area contributed by atoms with Crippen molar-refractivity contribution in [2.24, 2.45) is 7.05 Å². The van der Waals surface area contributed by atoms with Crippen molar-refractivity contribution in [1.82, 2.24) is 35.7 Å². The Morgan fingerprint density at radius 1 is 1.42 bits per heavy atom. The molecule has 2 N–H and O–H groups in total. The first-order valence-electron chi connectivity index (χ1n) is 7.09. The van der Waals surface area contributed by atoms with E-state index in [2.05, 4.69) is 31.0 Å². The molecule has 0 radical (unpaired) electrons. The van der Waals surface area contributed by atoms with E-state index in [4.69, 9.17) is 0 Å². The molecular formula is C14H14FN7OS. The number of aromatic nitrogens is 6. The molecule has 0 saturated carbocycles. The zero-order chi connectivity index (χ0) is 16.9. The number of nitrogens with one attached hydrogen (secondary N) is 2. The van der Waals surface area contributed by atoms with Crippen LogP contribution in [0.15, 0.2) is 35.5 Å². The third-order valence-corrected chi connectivity index (χ3v) is 4.18. The van der Waals surface area contributed by atoms with Gasteiger partial charge in [-0.15, -0.1) is 5.10 Å². The minimum Gasteiger partial charge on any atom is -0.350 e. The highest BCUT2D eigenvalue weighted by Gasteiger charge is 2.13. The van der Waals surface area contributed by atoms with E-state index >= 15 is 0 Å². The first-order chi connectivity index (χ1) is 11.6. The lowest BCUT2D eigenvalue weighted by Crippen LogP contribution is -2.26. The van der Waals surface area contributed by atoms with Gasteiger partial charge >= 0.3 is 0 Å². The topological polar surface area (TPSA) is 101 Å². The van der Waals surface area contributed by atoms with Gasteiger partial charge in [0, 0.05) is 24.9 Å². The van der Waals surface area contributed by atoms with Crippen molar-refractivity contribution < 1.29 is 9.18 Å². The monoisotopic (exact) mass is 347 g/mol. The number of nitrogens with zero attached hydrogens (tertiary/aromatic N) is 5. The Morgan fingerprint density at radius 3 is 3.00 bits per heavy atom. The molecule has 1 aromatic carbocycles. The molecule has 8 nitrogen and oxygen atoms in total. The Labute approximate surface area is 140 Å². The van der Waals surface area contributed by atoms with Crippen molar-refractivity contribution in [2.75, 3.05) is 12.3 Å². The van der Waals surface area contributed by atoms with Crippen molar-refractivity contribution in [2.45, 2.75) is 5.16 Å². The first kappa shape index (κ1) is 16.1. The van der Waals surface area contributed by atoms with Gasteiger partial charge in [-0.25, -0.2) is 9.07 Å². The highest BCUT2D eigenvalue weighted by atomic mass is 32.2. The van der Waals surface area contributed by atoms with E-state index in [0.717, 1.165) is 0 Å². The normalized spacial score (nSPS) is 10.8. The second-order valence-corrected chi connectivity index (χ2v) is 5.90. The van der Waals surface area contributed by atoms with Crippen molar-refractivity contribution in [3.05, 3.63) is 41.8 Å². The van der Waals surface area contributed by atoms with Crippen LogP contribution in [0.1, 0.15) is 10.5 Å². The molecule has 2 heterocycles. The second-order valence-electron chi connectivity index (χ2n) is 4.84. The average molecular weight is 347 g/mol. The summed E-state index contributed by atoms with van der Waals surface area (Å²) in [5.74, 6) is -0.0692. The van der Waals surface area contributed by atoms with E-state index < -0.39 is 0 Å². The molecule has 2 aromatic heterocycles. The number of thioether (sulfide) groups is 1. The van der Waals surface area contributed by atoms with Crippen LogP contribution in [0.5, 0.6) is 0 Å². The van der Waals surface area contributed by atoms with Gasteiger partial charge in [0.2, 0.25) is 5.16 Å². The standard InChI is InChI=1S/C14H14FN7OS/c1-22-14(19-20-21-22)24-7-6-16-13(23)12-8-11(17-18-12)9-4-2-3-5-10(9)15/h2-5,8H,6-7H2,1H3,(H,16,23)(H,17,18). The van der Waals surface area contributed by atoms with Gasteiger partial charge in [-0.2, -0.15) is 5.10 Å². The molecule has 0 aliphatic rings. The molecule has 0 atom stereocenters. The maximum atomic E-state index is 13.7. The average Bonchev–Trinajstić information content (AvgIpc) is 3.21. The predicted octanol–water partition coefficient (Wildman–Crippen LogP) is 1.26. The lowest BCUT2D eigenvalue weighted by atomic mass is 10.1. The Bertz CT molecular complexity index is 847. The molecule has 0 unspecified atom stereocenters. The number of tetrazole rings is 1. The fourth-order valence-corrected chi connectivity index (χ4v) is 2.69. The van der Waals surface area contributed by atoms with Gasteiger partial charge in [0.05, 0.1) is 5.69 Å². The molecule has 0 fully saturated rings. The minimum absolute atomic E-state index is 0.276. The summed E-state index contributed by atoms with van der Waals surface area (Å²) in [5, 5.41) is 21.1. The molecule has 0 saturated heterocycles. The zero-order valence-corrected chi connectivity index (χ0v) is 13.5. The summed E-state index contributed by atoms with van der Waals surface area (Å²) >= 11 is 1.43. The van der Waals surface area contributed by atoms with Crippen LogP contribution in [-0.2, 0) is 7.05 Å². The maximum absolute atomic E-state index is 13.7. The van der Waals surface area contributed by atoms with Crippen molar-refractivity contribution in [3.63, 3.8) is 0 Å². The number of H-pyrrole nitrogens is 1. The third-order valence-electron chi connectivity index (χ3n) is 3.17. The molecule has 1 amide bonds. The number of carbonyl (C=O) groups excluding carboxylic acids is 1. The van der Waals surface area contributed by atoms with Crippen LogP contribution in [0, 0.1) is 5.82 Å². The van der Waals surface area contributed by atoms with Crippen LogP contribution in [0.25, 0.3) is 11.3 Å². The molecular weight excluding hydrogens is 333 g/mol. The summed E-state index contributed by atoms with van der Waals surface area (Å²) < 4.78 is 15.3. The smallest absolute Gasteiger partial charge is 0.269 e. The number of hydrogen-bond donors (Lipinski definition) is 2. The number of aryl methyl sites for hydroxylation is 1. The molecule has 0 bridgehead atoms. The van der Waals surface area contributed by atoms with Gasteiger partial charge < -0.3 is 5.32 Å². The summed E-state index contributed by atoms with van der Waals surface area (Å²) in [7, 11) is 1.75. The van der Waals surface area contributed by atoms with E-state index in [0.29, 0.717) is 28.7 Å². The lowest BCUT2D eigenvalue weighted by Gasteiger charge is -2.02. The van der Waals surface area contributed by atoms with E-state index in [-0.39, 0.29) is 17.4 Å². The molecule has 124 valence electrons. The van der Waals surface area contributed by atoms with Gasteiger partial charge in [-0.3, -0.25) is 9.89 Å². The van der Waals surface area contributed by atoms with Gasteiger partial charge in [0.1, 0.15) is 11.5 Å². The van der Waals surface area contributed by atoms with E-state index in [1.807, 2.05) is 0 Å². The van der Waals surface area contributed by atoms with Crippen molar-refractivity contribution in [1.29, 1.82) is 0 Å². The summed E-state index contributed by atoms with van der Waals surface area (Å²) in [6.45, 7) is 0.435. The van der Waals surface area contributed by atoms with Crippen LogP contribution in [0.4, 0.5) is 4.39 Å². The van der Waals surface area contributed by atoms with Crippen molar-refractivity contribution >= 4 is 17.7 Å². The molecule has 0 aliphatic heterocycles. The Balaban J connectivity index is 1.54. The molecule has 0 aliphatic carbocycles. The van der Waals surface area contributed by atoms with E-state index in [1.54, 1.807) is 29.9 Å². The number of rotatable bonds is 6. The largest absolute Gasteiger partial charge is 0.350 e. The summed E-state index contributed by atoms with van der Waals surface area (Å²) in [6, 6.07) is 7.79. The molecule has 3 rings (SSSR count). The van der Waals surface area contributed by atoms with E-state index in [9.17, 15) is 9.18 Å². The van der Waals surface area contributed by atoms with Gasteiger partial charge in [-0.05, 0) is 28.6 Å². The lowest BCUT2D eigenvalue weighted by molar-refractivity contribution is 0.0951. The van der Waals surface area contributed by atoms with Crippen LogP contribution in [0.2, 0.25) is 0 Å². The highest BCUT2D eigenvalue weighted by Crippen LogP contribution is 2.20. The first-order valence-corrected chi connectivity index (χ1v) is 8.07. The fourth-order valence-electron chi connectivity index (χ4n) is 1.99. The predicted molar refractivity (Wildman–Crippen MR) is 85.8 cm³/mol. The van der Waals surface area contributed by atoms with Crippen LogP contribution >= 0.6 is 11.8 Å². The Morgan fingerprint density at radius 2 is 2.25 bits per heavy atom. The van der Waals surface area contributed by atoms with Crippen LogP contribution < -0.4 is 5.32 Å². The Kier molecular flexibility index (Phi) is 4.85. The molecule has 0 spiro atoms. The minimum atomic E-state index is -0.385. The molecule has 3 aromatic rings. The number of amides is 1. The number of aromatic amines is 1. The zero-order valence-electron chi connectivity index (χ0n) is 12.7. The summed E-state index contributed by atoms with van der Waals surface area (Å²) in [4.78, 5) is 12.1. The third kappa shape index (κ3) is 3.59. The fraction of sp³-hybridized carbons (Fsp3) is 0.214. The number of benzene rings is 1. The maximum Gasteiger partial charge on any atom is 0.269 e. The van der Waals surface area contributed by atoms with E-state index in [1.165, 1.54) is 23.9 Å². The second kappa shape index (κ2) is 7.21. The Hall–Kier alpha value is -2.75. The van der Waals surface area contributed by atoms with Gasteiger partial charge in [-0.1, -0.05) is 23.9 Å². The van der Waals surface area contributed by atoms with Gasteiger partial charge in [0.25, 0.3) is 5.91 Å². The molecule has 10 heteroatoms. The van der Waals surface area contributed by atoms with Gasteiger partial charge in [0.15, 0.2) is 0 Å².